The van der Waals surface area contributed by atoms with E-state index in [1.165, 1.54) is 5.56 Å². The summed E-state index contributed by atoms with van der Waals surface area (Å²) >= 11 is 0. The van der Waals surface area contributed by atoms with Gasteiger partial charge in [0.05, 0.1) is 19.6 Å². The third-order valence-electron chi connectivity index (χ3n) is 2.95. The molecule has 86 valence electrons. The quantitative estimate of drug-likeness (QED) is 0.844. The number of fused-ring (bicyclic) bond motifs is 1. The van der Waals surface area contributed by atoms with E-state index >= 15 is 0 Å². The SMILES string of the molecule is CC(CC(=O)O)c1cncc2c1CCOC2. The number of aliphatic carboxylic acids is 1. The molecule has 4 heteroatoms. The average molecular weight is 221 g/mol. The molecule has 0 fully saturated rings. The zero-order valence-electron chi connectivity index (χ0n) is 9.27. The molecule has 0 saturated heterocycles. The Morgan fingerprint density at radius 1 is 1.62 bits per heavy atom. The smallest absolute Gasteiger partial charge is 0.303 e. The lowest BCUT2D eigenvalue weighted by molar-refractivity contribution is -0.137. The molecule has 1 N–H and O–H groups in total. The minimum Gasteiger partial charge on any atom is -0.481 e. The lowest BCUT2D eigenvalue weighted by Gasteiger charge is -2.21. The summed E-state index contributed by atoms with van der Waals surface area (Å²) in [6, 6.07) is 0. The minimum atomic E-state index is -0.767. The molecule has 0 aliphatic carbocycles. The molecule has 0 spiro atoms. The molecule has 2 rings (SSSR count). The monoisotopic (exact) mass is 221 g/mol. The highest BCUT2D eigenvalue weighted by Crippen LogP contribution is 2.27. The van der Waals surface area contributed by atoms with Crippen molar-refractivity contribution in [2.45, 2.75) is 32.3 Å². The fraction of sp³-hybridized carbons (Fsp3) is 0.500. The molecule has 1 aliphatic rings. The van der Waals surface area contributed by atoms with Gasteiger partial charge in [-0.2, -0.15) is 0 Å². The fourth-order valence-corrected chi connectivity index (χ4v) is 2.13. The number of nitrogens with zero attached hydrogens (tertiary/aromatic N) is 1. The molecule has 0 saturated carbocycles. The van der Waals surface area contributed by atoms with E-state index < -0.39 is 5.97 Å². The van der Waals surface area contributed by atoms with Crippen LogP contribution in [0.3, 0.4) is 0 Å². The number of hydrogen-bond donors (Lipinski definition) is 1. The van der Waals surface area contributed by atoms with Gasteiger partial charge < -0.3 is 9.84 Å². The van der Waals surface area contributed by atoms with Gasteiger partial charge in [-0.3, -0.25) is 9.78 Å². The predicted octanol–water partition coefficient (Wildman–Crippen LogP) is 1.73. The maximum Gasteiger partial charge on any atom is 0.303 e. The molecule has 1 aromatic rings. The van der Waals surface area contributed by atoms with Crippen LogP contribution in [0.2, 0.25) is 0 Å². The molecular formula is C12H15NO3. The van der Waals surface area contributed by atoms with Crippen LogP contribution in [0.5, 0.6) is 0 Å². The van der Waals surface area contributed by atoms with Crippen molar-refractivity contribution in [3.63, 3.8) is 0 Å². The molecule has 4 nitrogen and oxygen atoms in total. The van der Waals surface area contributed by atoms with Gasteiger partial charge in [0, 0.05) is 12.4 Å². The van der Waals surface area contributed by atoms with Gasteiger partial charge in [-0.25, -0.2) is 0 Å². The lowest BCUT2D eigenvalue weighted by atomic mass is 9.90. The second-order valence-electron chi connectivity index (χ2n) is 4.17. The maximum absolute atomic E-state index is 10.7. The summed E-state index contributed by atoms with van der Waals surface area (Å²) in [7, 11) is 0. The Labute approximate surface area is 94.3 Å². The maximum atomic E-state index is 10.7. The van der Waals surface area contributed by atoms with Crippen molar-refractivity contribution in [3.05, 3.63) is 29.1 Å². The van der Waals surface area contributed by atoms with Crippen molar-refractivity contribution in [1.82, 2.24) is 4.98 Å². The number of ether oxygens (including phenoxy) is 1. The van der Waals surface area contributed by atoms with Crippen molar-refractivity contribution in [1.29, 1.82) is 0 Å². The molecule has 0 radical (unpaired) electrons. The van der Waals surface area contributed by atoms with E-state index in [1.807, 2.05) is 13.1 Å². The first-order valence-corrected chi connectivity index (χ1v) is 5.43. The van der Waals surface area contributed by atoms with Crippen molar-refractivity contribution >= 4 is 5.97 Å². The van der Waals surface area contributed by atoms with E-state index in [1.54, 1.807) is 6.20 Å². The standard InChI is InChI=1S/C12H15NO3/c1-8(4-12(14)15)11-6-13-5-9-7-16-3-2-10(9)11/h5-6,8H,2-4,7H2,1H3,(H,14,15). The fourth-order valence-electron chi connectivity index (χ4n) is 2.13. The Morgan fingerprint density at radius 2 is 2.44 bits per heavy atom. The second-order valence-corrected chi connectivity index (χ2v) is 4.17. The molecule has 1 aromatic heterocycles. The number of carboxylic acid groups (broad SMARTS) is 1. The van der Waals surface area contributed by atoms with Gasteiger partial charge in [-0.1, -0.05) is 6.92 Å². The highest BCUT2D eigenvalue weighted by atomic mass is 16.5. The van der Waals surface area contributed by atoms with Crippen LogP contribution >= 0.6 is 0 Å². The number of pyridine rings is 1. The van der Waals surface area contributed by atoms with Gasteiger partial charge in [0.15, 0.2) is 0 Å². The lowest BCUT2D eigenvalue weighted by Crippen LogP contribution is -2.15. The zero-order chi connectivity index (χ0) is 11.5. The number of hydrogen-bond acceptors (Lipinski definition) is 3. The zero-order valence-corrected chi connectivity index (χ0v) is 9.27. The van der Waals surface area contributed by atoms with Crippen molar-refractivity contribution in [2.75, 3.05) is 6.61 Å². The third kappa shape index (κ3) is 2.22. The molecule has 0 bridgehead atoms. The van der Waals surface area contributed by atoms with Crippen molar-refractivity contribution in [3.8, 4) is 0 Å². The predicted molar refractivity (Wildman–Crippen MR) is 58.3 cm³/mol. The third-order valence-corrected chi connectivity index (χ3v) is 2.95. The second kappa shape index (κ2) is 4.61. The van der Waals surface area contributed by atoms with Crippen LogP contribution in [0, 0.1) is 0 Å². The summed E-state index contributed by atoms with van der Waals surface area (Å²) in [5.41, 5.74) is 3.39. The molecule has 2 heterocycles. The number of carboxylic acids is 1. The molecular weight excluding hydrogens is 206 g/mol. The summed E-state index contributed by atoms with van der Waals surface area (Å²) in [6.45, 7) is 3.24. The van der Waals surface area contributed by atoms with Gasteiger partial charge >= 0.3 is 5.97 Å². The Kier molecular flexibility index (Phi) is 3.19. The highest BCUT2D eigenvalue weighted by molar-refractivity contribution is 5.68. The van der Waals surface area contributed by atoms with E-state index in [9.17, 15) is 4.79 Å². The molecule has 1 atom stereocenters. The largest absolute Gasteiger partial charge is 0.481 e. The van der Waals surface area contributed by atoms with E-state index in [2.05, 4.69) is 4.98 Å². The Balaban J connectivity index is 2.29. The topological polar surface area (TPSA) is 59.4 Å². The minimum absolute atomic E-state index is 0.0121. The first kappa shape index (κ1) is 11.1. The van der Waals surface area contributed by atoms with Crippen LogP contribution < -0.4 is 0 Å². The van der Waals surface area contributed by atoms with Crippen molar-refractivity contribution < 1.29 is 14.6 Å². The first-order chi connectivity index (χ1) is 7.68. The molecule has 1 unspecified atom stereocenters. The molecule has 0 amide bonds. The summed E-state index contributed by atoms with van der Waals surface area (Å²) in [5.74, 6) is -0.754. The average Bonchev–Trinajstić information content (AvgIpc) is 2.27. The van der Waals surface area contributed by atoms with Gasteiger partial charge in [-0.05, 0) is 29.0 Å². The van der Waals surface area contributed by atoms with Gasteiger partial charge in [-0.15, -0.1) is 0 Å². The van der Waals surface area contributed by atoms with Gasteiger partial charge in [0.2, 0.25) is 0 Å². The highest BCUT2D eigenvalue weighted by Gasteiger charge is 2.19. The van der Waals surface area contributed by atoms with E-state index in [0.29, 0.717) is 13.2 Å². The first-order valence-electron chi connectivity index (χ1n) is 5.43. The van der Waals surface area contributed by atoms with Crippen LogP contribution in [0.15, 0.2) is 12.4 Å². The van der Waals surface area contributed by atoms with Crippen LogP contribution in [0.25, 0.3) is 0 Å². The van der Waals surface area contributed by atoms with Crippen molar-refractivity contribution in [2.24, 2.45) is 0 Å². The van der Waals surface area contributed by atoms with Crippen LogP contribution in [0.1, 0.15) is 36.0 Å². The summed E-state index contributed by atoms with van der Waals surface area (Å²) < 4.78 is 5.36. The van der Waals surface area contributed by atoms with E-state index in [0.717, 1.165) is 17.5 Å². The van der Waals surface area contributed by atoms with Gasteiger partial charge in [0.25, 0.3) is 0 Å². The Morgan fingerprint density at radius 3 is 3.19 bits per heavy atom. The number of carbonyl (C=O) groups is 1. The Bertz CT molecular complexity index is 403. The summed E-state index contributed by atoms with van der Waals surface area (Å²) in [5, 5.41) is 8.80. The van der Waals surface area contributed by atoms with Crippen LogP contribution in [-0.4, -0.2) is 22.7 Å². The molecule has 1 aliphatic heterocycles. The molecule has 16 heavy (non-hydrogen) atoms. The van der Waals surface area contributed by atoms with Crippen LogP contribution in [0.4, 0.5) is 0 Å². The Hall–Kier alpha value is -1.42. The normalized spacial score (nSPS) is 16.6. The van der Waals surface area contributed by atoms with Gasteiger partial charge in [0.1, 0.15) is 0 Å². The molecule has 0 aromatic carbocycles. The number of aromatic nitrogens is 1. The summed E-state index contributed by atoms with van der Waals surface area (Å²) in [6.07, 6.45) is 4.61. The number of rotatable bonds is 3. The van der Waals surface area contributed by atoms with E-state index in [4.69, 9.17) is 9.84 Å². The van der Waals surface area contributed by atoms with Crippen LogP contribution in [-0.2, 0) is 22.6 Å². The van der Waals surface area contributed by atoms with E-state index in [-0.39, 0.29) is 12.3 Å². The summed E-state index contributed by atoms with van der Waals surface area (Å²) in [4.78, 5) is 14.9.